The number of benzene rings is 1. The maximum absolute atomic E-state index is 12.5. The SMILES string of the molecule is Cc1cc(Cl)ccc1NC(=O)C1CCC(C(=O)NCc2ccco2)CC1. The zero-order valence-corrected chi connectivity index (χ0v) is 15.5. The predicted molar refractivity (Wildman–Crippen MR) is 101 cm³/mol. The molecule has 26 heavy (non-hydrogen) atoms. The Morgan fingerprint density at radius 2 is 1.81 bits per heavy atom. The van der Waals surface area contributed by atoms with Crippen molar-refractivity contribution in [2.45, 2.75) is 39.2 Å². The summed E-state index contributed by atoms with van der Waals surface area (Å²) >= 11 is 5.95. The summed E-state index contributed by atoms with van der Waals surface area (Å²) in [7, 11) is 0. The van der Waals surface area contributed by atoms with E-state index in [0.717, 1.165) is 42.7 Å². The molecule has 1 aromatic carbocycles. The highest BCUT2D eigenvalue weighted by Gasteiger charge is 2.30. The van der Waals surface area contributed by atoms with E-state index in [1.165, 1.54) is 0 Å². The van der Waals surface area contributed by atoms with E-state index in [1.54, 1.807) is 18.4 Å². The van der Waals surface area contributed by atoms with Gasteiger partial charge < -0.3 is 15.1 Å². The molecule has 1 heterocycles. The van der Waals surface area contributed by atoms with Crippen molar-refractivity contribution < 1.29 is 14.0 Å². The molecule has 0 radical (unpaired) electrons. The van der Waals surface area contributed by atoms with Crippen molar-refractivity contribution in [3.05, 3.63) is 52.9 Å². The van der Waals surface area contributed by atoms with E-state index in [0.29, 0.717) is 11.6 Å². The molecule has 5 nitrogen and oxygen atoms in total. The number of nitrogens with one attached hydrogen (secondary N) is 2. The third kappa shape index (κ3) is 4.67. The molecule has 1 saturated carbocycles. The lowest BCUT2D eigenvalue weighted by Crippen LogP contribution is -2.35. The lowest BCUT2D eigenvalue weighted by Gasteiger charge is -2.27. The van der Waals surface area contributed by atoms with Crippen molar-refractivity contribution in [3.63, 3.8) is 0 Å². The number of anilines is 1. The molecule has 1 aliphatic carbocycles. The molecule has 138 valence electrons. The van der Waals surface area contributed by atoms with Crippen molar-refractivity contribution in [1.82, 2.24) is 5.32 Å². The van der Waals surface area contributed by atoms with E-state index in [4.69, 9.17) is 16.0 Å². The minimum Gasteiger partial charge on any atom is -0.467 e. The largest absolute Gasteiger partial charge is 0.467 e. The number of furan rings is 1. The van der Waals surface area contributed by atoms with Crippen LogP contribution in [0.3, 0.4) is 0 Å². The van der Waals surface area contributed by atoms with Gasteiger partial charge in [-0.05, 0) is 68.5 Å². The molecule has 0 spiro atoms. The summed E-state index contributed by atoms with van der Waals surface area (Å²) in [4.78, 5) is 24.8. The van der Waals surface area contributed by atoms with E-state index in [-0.39, 0.29) is 23.7 Å². The Morgan fingerprint density at radius 1 is 1.12 bits per heavy atom. The van der Waals surface area contributed by atoms with Gasteiger partial charge in [-0.3, -0.25) is 9.59 Å². The fraction of sp³-hybridized carbons (Fsp3) is 0.400. The van der Waals surface area contributed by atoms with Gasteiger partial charge in [0.25, 0.3) is 0 Å². The predicted octanol–water partition coefficient (Wildman–Crippen LogP) is 4.30. The van der Waals surface area contributed by atoms with Crippen molar-refractivity contribution in [2.24, 2.45) is 11.8 Å². The molecule has 0 atom stereocenters. The summed E-state index contributed by atoms with van der Waals surface area (Å²) in [6.07, 6.45) is 4.48. The quantitative estimate of drug-likeness (QED) is 0.819. The Balaban J connectivity index is 1.46. The molecule has 0 aliphatic heterocycles. The zero-order valence-electron chi connectivity index (χ0n) is 14.8. The lowest BCUT2D eigenvalue weighted by atomic mass is 9.81. The molecule has 0 unspecified atom stereocenters. The molecule has 1 fully saturated rings. The maximum Gasteiger partial charge on any atom is 0.227 e. The molecule has 2 aromatic rings. The van der Waals surface area contributed by atoms with E-state index in [9.17, 15) is 9.59 Å². The van der Waals surface area contributed by atoms with Gasteiger partial charge in [0, 0.05) is 22.5 Å². The minimum absolute atomic E-state index is 0.0184. The smallest absolute Gasteiger partial charge is 0.227 e. The van der Waals surface area contributed by atoms with Gasteiger partial charge >= 0.3 is 0 Å². The Labute approximate surface area is 158 Å². The molecule has 0 saturated heterocycles. The first-order valence-corrected chi connectivity index (χ1v) is 9.28. The molecule has 0 bridgehead atoms. The molecular formula is C20H23ClN2O3. The van der Waals surface area contributed by atoms with Crippen molar-refractivity contribution >= 4 is 29.1 Å². The summed E-state index contributed by atoms with van der Waals surface area (Å²) < 4.78 is 5.22. The summed E-state index contributed by atoms with van der Waals surface area (Å²) in [6, 6.07) is 9.05. The Morgan fingerprint density at radius 3 is 2.42 bits per heavy atom. The van der Waals surface area contributed by atoms with Crippen LogP contribution in [0.5, 0.6) is 0 Å². The number of hydrogen-bond acceptors (Lipinski definition) is 3. The number of aryl methyl sites for hydroxylation is 1. The van der Waals surface area contributed by atoms with Gasteiger partial charge in [0.2, 0.25) is 11.8 Å². The second-order valence-electron chi connectivity index (χ2n) is 6.79. The molecule has 1 aromatic heterocycles. The number of carbonyl (C=O) groups excluding carboxylic acids is 2. The van der Waals surface area contributed by atoms with Crippen LogP contribution in [0.15, 0.2) is 41.0 Å². The number of hydrogen-bond donors (Lipinski definition) is 2. The maximum atomic E-state index is 12.5. The zero-order chi connectivity index (χ0) is 18.5. The van der Waals surface area contributed by atoms with Crippen LogP contribution >= 0.6 is 11.6 Å². The normalized spacial score (nSPS) is 19.8. The number of rotatable bonds is 5. The average molecular weight is 375 g/mol. The van der Waals surface area contributed by atoms with Gasteiger partial charge in [-0.2, -0.15) is 0 Å². The van der Waals surface area contributed by atoms with Crippen LogP contribution in [0.25, 0.3) is 0 Å². The van der Waals surface area contributed by atoms with E-state index in [2.05, 4.69) is 10.6 Å². The molecule has 1 aliphatic rings. The van der Waals surface area contributed by atoms with Crippen molar-refractivity contribution in [3.8, 4) is 0 Å². The van der Waals surface area contributed by atoms with Gasteiger partial charge in [-0.25, -0.2) is 0 Å². The first kappa shape index (κ1) is 18.5. The first-order chi connectivity index (χ1) is 12.5. The monoisotopic (exact) mass is 374 g/mol. The highest BCUT2D eigenvalue weighted by molar-refractivity contribution is 6.30. The molecular weight excluding hydrogens is 352 g/mol. The van der Waals surface area contributed by atoms with E-state index in [1.807, 2.05) is 25.1 Å². The van der Waals surface area contributed by atoms with Gasteiger partial charge in [-0.15, -0.1) is 0 Å². The average Bonchev–Trinajstić information content (AvgIpc) is 3.15. The second-order valence-corrected chi connectivity index (χ2v) is 7.23. The Bertz CT molecular complexity index is 765. The second kappa shape index (κ2) is 8.41. The highest BCUT2D eigenvalue weighted by atomic mass is 35.5. The standard InChI is InChI=1S/C20H23ClN2O3/c1-13-11-16(21)8-9-18(13)23-20(25)15-6-4-14(5-7-15)19(24)22-12-17-3-2-10-26-17/h2-3,8-11,14-15H,4-7,12H2,1H3,(H,22,24)(H,23,25). The third-order valence-corrected chi connectivity index (χ3v) is 5.17. The van der Waals surface area contributed by atoms with Crippen LogP contribution in [0.1, 0.15) is 37.0 Å². The molecule has 6 heteroatoms. The molecule has 2 N–H and O–H groups in total. The van der Waals surface area contributed by atoms with Crippen LogP contribution < -0.4 is 10.6 Å². The number of halogens is 1. The van der Waals surface area contributed by atoms with Crippen LogP contribution in [0.2, 0.25) is 5.02 Å². The Kier molecular flexibility index (Phi) is 5.99. The van der Waals surface area contributed by atoms with Crippen molar-refractivity contribution in [1.29, 1.82) is 0 Å². The van der Waals surface area contributed by atoms with E-state index >= 15 is 0 Å². The van der Waals surface area contributed by atoms with Gasteiger partial charge in [0.15, 0.2) is 0 Å². The van der Waals surface area contributed by atoms with E-state index < -0.39 is 0 Å². The Hall–Kier alpha value is -2.27. The fourth-order valence-electron chi connectivity index (χ4n) is 3.35. The summed E-state index contributed by atoms with van der Waals surface area (Å²) in [5, 5.41) is 6.54. The van der Waals surface area contributed by atoms with Crippen LogP contribution in [0, 0.1) is 18.8 Å². The number of carbonyl (C=O) groups is 2. The van der Waals surface area contributed by atoms with Gasteiger partial charge in [0.1, 0.15) is 5.76 Å². The van der Waals surface area contributed by atoms with Gasteiger partial charge in [0.05, 0.1) is 12.8 Å². The topological polar surface area (TPSA) is 71.3 Å². The van der Waals surface area contributed by atoms with Crippen LogP contribution in [-0.4, -0.2) is 11.8 Å². The molecule has 2 amide bonds. The summed E-state index contributed by atoms with van der Waals surface area (Å²) in [6.45, 7) is 2.32. The summed E-state index contributed by atoms with van der Waals surface area (Å²) in [5.41, 5.74) is 1.73. The lowest BCUT2D eigenvalue weighted by molar-refractivity contribution is -0.128. The third-order valence-electron chi connectivity index (χ3n) is 4.93. The van der Waals surface area contributed by atoms with Crippen molar-refractivity contribution in [2.75, 3.05) is 5.32 Å². The molecule has 3 rings (SSSR count). The highest BCUT2D eigenvalue weighted by Crippen LogP contribution is 2.30. The first-order valence-electron chi connectivity index (χ1n) is 8.90. The minimum atomic E-state index is -0.0563. The summed E-state index contributed by atoms with van der Waals surface area (Å²) in [5.74, 6) is 0.703. The number of amides is 2. The van der Waals surface area contributed by atoms with Crippen LogP contribution in [-0.2, 0) is 16.1 Å². The van der Waals surface area contributed by atoms with Gasteiger partial charge in [-0.1, -0.05) is 11.6 Å². The fourth-order valence-corrected chi connectivity index (χ4v) is 3.58. The van der Waals surface area contributed by atoms with Crippen LogP contribution in [0.4, 0.5) is 5.69 Å².